The zero-order chi connectivity index (χ0) is 18.3. The summed E-state index contributed by atoms with van der Waals surface area (Å²) in [5.41, 5.74) is 0. The van der Waals surface area contributed by atoms with Crippen molar-refractivity contribution in [1.82, 2.24) is 0 Å². The molecule has 0 aliphatic rings. The van der Waals surface area contributed by atoms with E-state index < -0.39 is 24.5 Å². The molecule has 0 aromatic heterocycles. The minimum absolute atomic E-state index is 0.187. The summed E-state index contributed by atoms with van der Waals surface area (Å²) in [7, 11) is 1.41. The number of carbonyl (C=O) groups excluding carboxylic acids is 1. The Kier molecular flexibility index (Phi) is 15.2. The van der Waals surface area contributed by atoms with Crippen LogP contribution in [0, 0.1) is 0 Å². The first-order valence-electron chi connectivity index (χ1n) is 9.97. The molecule has 0 bridgehead atoms. The Bertz CT molecular complexity index is 320. The summed E-state index contributed by atoms with van der Waals surface area (Å²) in [6.07, 6.45) is 11.3. The van der Waals surface area contributed by atoms with Gasteiger partial charge in [0.05, 0.1) is 0 Å². The van der Waals surface area contributed by atoms with Gasteiger partial charge in [0.15, 0.2) is 0 Å². The molecule has 3 nitrogen and oxygen atoms in total. The van der Waals surface area contributed by atoms with Crippen LogP contribution < -0.4 is 0 Å². The number of aliphatic hydroxyl groups is 1. The van der Waals surface area contributed by atoms with Crippen molar-refractivity contribution in [3.05, 3.63) is 10.2 Å². The van der Waals surface area contributed by atoms with Crippen molar-refractivity contribution in [2.45, 2.75) is 98.0 Å². The molecule has 0 unspecified atom stereocenters. The second kappa shape index (κ2) is 15.2. The molecular weight excluding hydrogens is 407 g/mol. The predicted molar refractivity (Wildman–Crippen MR) is 106 cm³/mol. The third-order valence-electron chi connectivity index (χ3n) is 4.87. The fourth-order valence-corrected chi connectivity index (χ4v) is 17.6. The molecule has 0 saturated carbocycles. The van der Waals surface area contributed by atoms with Gasteiger partial charge in [-0.15, -0.1) is 0 Å². The van der Waals surface area contributed by atoms with Crippen LogP contribution in [-0.2, 0) is 9.53 Å². The number of hydrogen-bond donors (Lipinski definition) is 1. The predicted octanol–water partition coefficient (Wildman–Crippen LogP) is 5.64. The van der Waals surface area contributed by atoms with Gasteiger partial charge in [-0.3, -0.25) is 0 Å². The van der Waals surface area contributed by atoms with Gasteiger partial charge >= 0.3 is 154 Å². The van der Waals surface area contributed by atoms with Crippen molar-refractivity contribution >= 4 is 24.3 Å². The van der Waals surface area contributed by atoms with Crippen molar-refractivity contribution in [2.24, 2.45) is 0 Å². The molecule has 24 heavy (non-hydrogen) atoms. The van der Waals surface area contributed by atoms with E-state index in [0.717, 1.165) is 0 Å². The van der Waals surface area contributed by atoms with E-state index >= 15 is 0 Å². The van der Waals surface area contributed by atoms with Gasteiger partial charge in [0, 0.05) is 0 Å². The summed E-state index contributed by atoms with van der Waals surface area (Å²) in [5.74, 6) is -0.187. The maximum absolute atomic E-state index is 11.2. The number of methoxy groups -OCH3 is 1. The van der Waals surface area contributed by atoms with Crippen molar-refractivity contribution in [3.8, 4) is 0 Å². The summed E-state index contributed by atoms with van der Waals surface area (Å²) in [4.78, 5) is 11.2. The van der Waals surface area contributed by atoms with Crippen LogP contribution >= 0.6 is 0 Å². The van der Waals surface area contributed by atoms with E-state index in [4.69, 9.17) is 0 Å². The summed E-state index contributed by atoms with van der Waals surface area (Å²) in [5, 5.41) is 10.3. The molecule has 0 rings (SSSR count). The molecule has 0 aliphatic heterocycles. The first-order valence-corrected chi connectivity index (χ1v) is 17.7. The molecule has 0 aliphatic carbocycles. The number of rotatable bonds is 15. The molecule has 142 valence electrons. The fraction of sp³-hybridized carbons (Fsp3) is 0.850. The molecule has 0 saturated heterocycles. The summed E-state index contributed by atoms with van der Waals surface area (Å²) >= 11 is -2.27. The monoisotopic (exact) mass is 448 g/mol. The van der Waals surface area contributed by atoms with E-state index in [1.807, 2.05) is 0 Å². The van der Waals surface area contributed by atoms with Crippen molar-refractivity contribution in [3.63, 3.8) is 0 Å². The Morgan fingerprint density at radius 1 is 1.00 bits per heavy atom. The minimum atomic E-state index is -2.27. The van der Waals surface area contributed by atoms with Gasteiger partial charge in [-0.2, -0.15) is 0 Å². The van der Waals surface area contributed by atoms with E-state index in [1.54, 1.807) is 0 Å². The van der Waals surface area contributed by atoms with Gasteiger partial charge in [-0.25, -0.2) is 0 Å². The third-order valence-corrected chi connectivity index (χ3v) is 19.0. The zero-order valence-electron chi connectivity index (χ0n) is 16.5. The molecule has 0 aromatic carbocycles. The summed E-state index contributed by atoms with van der Waals surface area (Å²) in [6, 6.07) is 0. The van der Waals surface area contributed by atoms with Crippen LogP contribution in [0.5, 0.6) is 0 Å². The van der Waals surface area contributed by atoms with E-state index in [2.05, 4.69) is 35.7 Å². The van der Waals surface area contributed by atoms with Gasteiger partial charge in [-0.1, -0.05) is 0 Å². The average molecular weight is 447 g/mol. The van der Waals surface area contributed by atoms with Gasteiger partial charge in [0.1, 0.15) is 0 Å². The van der Waals surface area contributed by atoms with Gasteiger partial charge in [-0.05, 0) is 0 Å². The first-order chi connectivity index (χ1) is 11.5. The second-order valence-electron chi connectivity index (χ2n) is 7.07. The Balaban J connectivity index is 4.74. The average Bonchev–Trinajstić information content (AvgIpc) is 2.60. The standard InChI is InChI=1S/C8H13O3.3C4H9.Sn/c1-3-7(9)5-4-6-8(10)11-2;3*1-3-4-2;/h1,3,7,9H,4-6H2,2H3;3*1,3-4H2,2H3;/t7-;;;;/m1..../s1. The molecule has 0 fully saturated rings. The van der Waals surface area contributed by atoms with Crippen LogP contribution in [0.25, 0.3) is 0 Å². The Labute approximate surface area is 154 Å². The van der Waals surface area contributed by atoms with Crippen molar-refractivity contribution in [2.75, 3.05) is 7.11 Å². The van der Waals surface area contributed by atoms with Crippen LogP contribution in [0.15, 0.2) is 10.2 Å². The van der Waals surface area contributed by atoms with Crippen LogP contribution in [0.2, 0.25) is 13.3 Å². The van der Waals surface area contributed by atoms with E-state index in [-0.39, 0.29) is 5.97 Å². The molecule has 0 amide bonds. The van der Waals surface area contributed by atoms with E-state index in [1.165, 1.54) is 58.9 Å². The van der Waals surface area contributed by atoms with Crippen LogP contribution in [0.4, 0.5) is 0 Å². The molecule has 0 heterocycles. The Morgan fingerprint density at radius 3 is 1.92 bits per heavy atom. The SMILES string of the molecule is CCC[CH2][Sn](/[CH]=C/[C@@H](O)CCCC(=O)OC)([CH2]CCC)[CH2]CCC. The van der Waals surface area contributed by atoms with Gasteiger partial charge in [0.25, 0.3) is 0 Å². The fourth-order valence-electron chi connectivity index (χ4n) is 3.18. The quantitative estimate of drug-likeness (QED) is 0.261. The first kappa shape index (κ1) is 24.0. The van der Waals surface area contributed by atoms with Gasteiger partial charge < -0.3 is 0 Å². The van der Waals surface area contributed by atoms with Crippen LogP contribution in [-0.4, -0.2) is 42.7 Å². The number of esters is 1. The molecule has 0 spiro atoms. The van der Waals surface area contributed by atoms with Crippen LogP contribution in [0.1, 0.15) is 78.6 Å². The topological polar surface area (TPSA) is 46.5 Å². The number of hydrogen-bond acceptors (Lipinski definition) is 3. The molecule has 0 aromatic rings. The molecule has 1 atom stereocenters. The van der Waals surface area contributed by atoms with Crippen molar-refractivity contribution in [1.29, 1.82) is 0 Å². The van der Waals surface area contributed by atoms with E-state index in [9.17, 15) is 9.90 Å². The maximum atomic E-state index is 11.2. The van der Waals surface area contributed by atoms with E-state index in [0.29, 0.717) is 19.3 Å². The number of unbranched alkanes of at least 4 members (excludes halogenated alkanes) is 3. The number of aliphatic hydroxyl groups excluding tert-OH is 1. The summed E-state index contributed by atoms with van der Waals surface area (Å²) in [6.45, 7) is 6.84. The third kappa shape index (κ3) is 11.5. The van der Waals surface area contributed by atoms with Gasteiger partial charge in [0.2, 0.25) is 0 Å². The molecule has 4 heteroatoms. The molecular formula is C20H40O3Sn. The molecule has 0 radical (unpaired) electrons. The number of ether oxygens (including phenoxy) is 1. The molecule has 1 N–H and O–H groups in total. The van der Waals surface area contributed by atoms with Crippen molar-refractivity contribution < 1.29 is 14.6 Å². The van der Waals surface area contributed by atoms with Crippen LogP contribution in [0.3, 0.4) is 0 Å². The second-order valence-corrected chi connectivity index (χ2v) is 20.1. The zero-order valence-corrected chi connectivity index (χ0v) is 19.3. The Morgan fingerprint density at radius 2 is 1.50 bits per heavy atom. The number of carbonyl (C=O) groups is 1. The Hall–Kier alpha value is -0.0313. The summed E-state index contributed by atoms with van der Waals surface area (Å²) < 4.78 is 11.4. The normalized spacial score (nSPS) is 13.4.